The molecular weight excluding hydrogens is 280 g/mol. The van der Waals surface area contributed by atoms with Gasteiger partial charge in [0.15, 0.2) is 0 Å². The highest BCUT2D eigenvalue weighted by molar-refractivity contribution is 5.94. The maximum absolute atomic E-state index is 12.0. The van der Waals surface area contributed by atoms with Crippen LogP contribution in [-0.4, -0.2) is 24.7 Å². The molecule has 0 aliphatic carbocycles. The Morgan fingerprint density at radius 2 is 1.86 bits per heavy atom. The Kier molecular flexibility index (Phi) is 5.12. The molecule has 5 nitrogen and oxygen atoms in total. The third-order valence-electron chi connectivity index (χ3n) is 3.23. The van der Waals surface area contributed by atoms with Crippen molar-refractivity contribution in [2.75, 3.05) is 13.7 Å². The third kappa shape index (κ3) is 3.84. The number of nitriles is 1. The van der Waals surface area contributed by atoms with Gasteiger partial charge >= 0.3 is 0 Å². The summed E-state index contributed by atoms with van der Waals surface area (Å²) in [5.41, 5.74) is 1.64. The number of aliphatic hydroxyl groups excluding tert-OH is 1. The molecule has 0 bridgehead atoms. The Morgan fingerprint density at radius 1 is 1.23 bits per heavy atom. The number of rotatable bonds is 5. The Balaban J connectivity index is 1.93. The molecule has 22 heavy (non-hydrogen) atoms. The van der Waals surface area contributed by atoms with E-state index in [0.29, 0.717) is 22.4 Å². The lowest BCUT2D eigenvalue weighted by atomic mass is 10.1. The summed E-state index contributed by atoms with van der Waals surface area (Å²) >= 11 is 0. The first kappa shape index (κ1) is 15.5. The van der Waals surface area contributed by atoms with E-state index in [1.165, 1.54) is 0 Å². The van der Waals surface area contributed by atoms with Crippen LogP contribution in [0.4, 0.5) is 0 Å². The minimum Gasteiger partial charge on any atom is -0.497 e. The van der Waals surface area contributed by atoms with Crippen LogP contribution in [0.1, 0.15) is 27.6 Å². The van der Waals surface area contributed by atoms with Crippen LogP contribution >= 0.6 is 0 Å². The number of hydrogen-bond donors (Lipinski definition) is 2. The highest BCUT2D eigenvalue weighted by Crippen LogP contribution is 2.17. The second kappa shape index (κ2) is 7.25. The van der Waals surface area contributed by atoms with Crippen LogP contribution in [0.2, 0.25) is 0 Å². The van der Waals surface area contributed by atoms with Crippen molar-refractivity contribution >= 4 is 5.91 Å². The van der Waals surface area contributed by atoms with E-state index in [-0.39, 0.29) is 12.5 Å². The van der Waals surface area contributed by atoms with Gasteiger partial charge in [0.05, 0.1) is 24.8 Å². The lowest BCUT2D eigenvalue weighted by Gasteiger charge is -2.13. The first-order valence-electron chi connectivity index (χ1n) is 6.74. The van der Waals surface area contributed by atoms with Gasteiger partial charge in [-0.3, -0.25) is 4.79 Å². The predicted molar refractivity (Wildman–Crippen MR) is 81.4 cm³/mol. The zero-order valence-electron chi connectivity index (χ0n) is 12.1. The summed E-state index contributed by atoms with van der Waals surface area (Å²) in [6.07, 6.45) is -0.798. The highest BCUT2D eigenvalue weighted by atomic mass is 16.5. The molecule has 1 atom stereocenters. The van der Waals surface area contributed by atoms with Crippen molar-refractivity contribution in [3.8, 4) is 11.8 Å². The van der Waals surface area contributed by atoms with Gasteiger partial charge in [-0.15, -0.1) is 0 Å². The molecule has 0 fully saturated rings. The van der Waals surface area contributed by atoms with Crippen LogP contribution in [0.5, 0.6) is 5.75 Å². The Labute approximate surface area is 128 Å². The summed E-state index contributed by atoms with van der Waals surface area (Å²) in [6.45, 7) is 0.102. The molecule has 0 saturated carbocycles. The van der Waals surface area contributed by atoms with Crippen molar-refractivity contribution in [3.05, 3.63) is 65.2 Å². The summed E-state index contributed by atoms with van der Waals surface area (Å²) in [4.78, 5) is 12.0. The number of hydrogen-bond acceptors (Lipinski definition) is 4. The maximum atomic E-state index is 12.0. The Morgan fingerprint density at radius 3 is 2.41 bits per heavy atom. The highest BCUT2D eigenvalue weighted by Gasteiger charge is 2.11. The van der Waals surface area contributed by atoms with Gasteiger partial charge in [0.1, 0.15) is 5.75 Å². The molecular formula is C17H16N2O3. The number of benzene rings is 2. The van der Waals surface area contributed by atoms with Gasteiger partial charge in [-0.05, 0) is 42.0 Å². The van der Waals surface area contributed by atoms with Gasteiger partial charge < -0.3 is 15.2 Å². The van der Waals surface area contributed by atoms with Gasteiger partial charge in [0.25, 0.3) is 5.91 Å². The van der Waals surface area contributed by atoms with Crippen molar-refractivity contribution < 1.29 is 14.6 Å². The molecule has 1 unspecified atom stereocenters. The van der Waals surface area contributed by atoms with Gasteiger partial charge in [-0.2, -0.15) is 5.26 Å². The fourth-order valence-electron chi connectivity index (χ4n) is 1.93. The third-order valence-corrected chi connectivity index (χ3v) is 3.23. The molecule has 112 valence electrons. The van der Waals surface area contributed by atoms with Crippen LogP contribution in [0.3, 0.4) is 0 Å². The van der Waals surface area contributed by atoms with Crippen LogP contribution in [0.25, 0.3) is 0 Å². The first-order chi connectivity index (χ1) is 10.6. The fraction of sp³-hybridized carbons (Fsp3) is 0.176. The summed E-state index contributed by atoms with van der Waals surface area (Å²) in [6, 6.07) is 15.3. The van der Waals surface area contributed by atoms with Crippen molar-refractivity contribution in [1.29, 1.82) is 5.26 Å². The van der Waals surface area contributed by atoms with E-state index in [1.54, 1.807) is 55.6 Å². The topological polar surface area (TPSA) is 82.3 Å². The van der Waals surface area contributed by atoms with Crippen molar-refractivity contribution in [2.45, 2.75) is 6.10 Å². The zero-order chi connectivity index (χ0) is 15.9. The molecule has 0 aromatic heterocycles. The summed E-state index contributed by atoms with van der Waals surface area (Å²) in [7, 11) is 1.57. The van der Waals surface area contributed by atoms with Crippen LogP contribution < -0.4 is 10.1 Å². The average molecular weight is 296 g/mol. The quantitative estimate of drug-likeness (QED) is 0.884. The molecule has 2 aromatic carbocycles. The molecule has 5 heteroatoms. The number of carbonyl (C=O) groups excluding carboxylic acids is 1. The predicted octanol–water partition coefficient (Wildman–Crippen LogP) is 2.03. The Bertz CT molecular complexity index is 673. The van der Waals surface area contributed by atoms with Gasteiger partial charge in [0, 0.05) is 12.1 Å². The largest absolute Gasteiger partial charge is 0.497 e. The maximum Gasteiger partial charge on any atom is 0.251 e. The van der Waals surface area contributed by atoms with E-state index >= 15 is 0 Å². The molecule has 0 aliphatic heterocycles. The SMILES string of the molecule is COc1ccc(C(O)CNC(=O)c2ccc(C#N)cc2)cc1. The van der Waals surface area contributed by atoms with Crippen molar-refractivity contribution in [3.63, 3.8) is 0 Å². The van der Waals surface area contributed by atoms with Gasteiger partial charge in [0.2, 0.25) is 0 Å². The monoisotopic (exact) mass is 296 g/mol. The first-order valence-corrected chi connectivity index (χ1v) is 6.74. The second-order valence-corrected chi connectivity index (χ2v) is 4.69. The zero-order valence-corrected chi connectivity index (χ0v) is 12.1. The van der Waals surface area contributed by atoms with E-state index in [0.717, 1.165) is 0 Å². The van der Waals surface area contributed by atoms with E-state index in [9.17, 15) is 9.90 Å². The average Bonchev–Trinajstić information content (AvgIpc) is 2.59. The van der Waals surface area contributed by atoms with E-state index < -0.39 is 6.10 Å². The summed E-state index contributed by atoms with van der Waals surface area (Å²) < 4.78 is 5.05. The minimum absolute atomic E-state index is 0.102. The molecule has 2 N–H and O–H groups in total. The van der Waals surface area contributed by atoms with E-state index in [1.807, 2.05) is 6.07 Å². The smallest absolute Gasteiger partial charge is 0.251 e. The molecule has 0 heterocycles. The van der Waals surface area contributed by atoms with Crippen LogP contribution in [-0.2, 0) is 0 Å². The molecule has 0 aliphatic rings. The number of nitrogens with zero attached hydrogens (tertiary/aromatic N) is 1. The molecule has 0 spiro atoms. The van der Waals surface area contributed by atoms with E-state index in [2.05, 4.69) is 5.32 Å². The second-order valence-electron chi connectivity index (χ2n) is 4.69. The number of nitrogens with one attached hydrogen (secondary N) is 1. The standard InChI is InChI=1S/C17H16N2O3/c1-22-15-8-6-13(7-9-15)16(20)11-19-17(21)14-4-2-12(10-18)3-5-14/h2-9,16,20H,11H2,1H3,(H,19,21). The van der Waals surface area contributed by atoms with Crippen LogP contribution in [0.15, 0.2) is 48.5 Å². The van der Waals surface area contributed by atoms with Crippen molar-refractivity contribution in [1.82, 2.24) is 5.32 Å². The fourth-order valence-corrected chi connectivity index (χ4v) is 1.93. The van der Waals surface area contributed by atoms with Gasteiger partial charge in [-0.25, -0.2) is 0 Å². The Hall–Kier alpha value is -2.84. The molecule has 0 saturated heterocycles. The molecule has 2 aromatic rings. The van der Waals surface area contributed by atoms with E-state index in [4.69, 9.17) is 10.00 Å². The number of carbonyl (C=O) groups is 1. The minimum atomic E-state index is -0.798. The summed E-state index contributed by atoms with van der Waals surface area (Å²) in [5, 5.41) is 21.4. The van der Waals surface area contributed by atoms with Crippen LogP contribution in [0, 0.1) is 11.3 Å². The molecule has 2 rings (SSSR count). The number of methoxy groups -OCH3 is 1. The molecule has 0 radical (unpaired) electrons. The summed E-state index contributed by atoms with van der Waals surface area (Å²) in [5.74, 6) is 0.412. The lowest BCUT2D eigenvalue weighted by Crippen LogP contribution is -2.28. The van der Waals surface area contributed by atoms with Gasteiger partial charge in [-0.1, -0.05) is 12.1 Å². The normalized spacial score (nSPS) is 11.3. The lowest BCUT2D eigenvalue weighted by molar-refractivity contribution is 0.0916. The number of aliphatic hydroxyl groups is 1. The number of amides is 1. The number of ether oxygens (including phenoxy) is 1. The molecule has 1 amide bonds. The van der Waals surface area contributed by atoms with Crippen molar-refractivity contribution in [2.24, 2.45) is 0 Å².